The van der Waals surface area contributed by atoms with Gasteiger partial charge in [0.05, 0.1) is 5.25 Å². The summed E-state index contributed by atoms with van der Waals surface area (Å²) in [6.07, 6.45) is 1.00. The minimum atomic E-state index is -0.122. The van der Waals surface area contributed by atoms with Gasteiger partial charge in [-0.15, -0.1) is 11.8 Å². The number of thioether (sulfide) groups is 1. The summed E-state index contributed by atoms with van der Waals surface area (Å²) in [6.45, 7) is 5.66. The first-order valence-electron chi connectivity index (χ1n) is 7.52. The zero-order chi connectivity index (χ0) is 16.1. The average molecular weight is 321 g/mol. The van der Waals surface area contributed by atoms with Crippen LogP contribution in [0.4, 0.5) is 5.69 Å². The van der Waals surface area contributed by atoms with Crippen LogP contribution < -0.4 is 11.1 Å². The van der Waals surface area contributed by atoms with Gasteiger partial charge in [-0.2, -0.15) is 0 Å². The number of amides is 2. The molecule has 2 amide bonds. The molecule has 1 saturated heterocycles. The molecule has 3 N–H and O–H groups in total. The van der Waals surface area contributed by atoms with Crippen molar-refractivity contribution in [3.8, 4) is 0 Å². The molecule has 1 aliphatic rings. The van der Waals surface area contributed by atoms with Gasteiger partial charge in [-0.05, 0) is 50.1 Å². The second-order valence-corrected chi connectivity index (χ2v) is 7.05. The van der Waals surface area contributed by atoms with Crippen LogP contribution in [0.3, 0.4) is 0 Å². The first kappa shape index (κ1) is 16.8. The topological polar surface area (TPSA) is 75.4 Å². The molecule has 6 heteroatoms. The number of nitrogens with zero attached hydrogens (tertiary/aromatic N) is 1. The molecular weight excluding hydrogens is 298 g/mol. The number of likely N-dealkylation sites (tertiary alicyclic amines) is 1. The van der Waals surface area contributed by atoms with Gasteiger partial charge in [0, 0.05) is 30.6 Å². The molecule has 120 valence electrons. The monoisotopic (exact) mass is 321 g/mol. The molecule has 1 aromatic rings. The van der Waals surface area contributed by atoms with Crippen molar-refractivity contribution in [2.45, 2.75) is 30.4 Å². The molecule has 1 fully saturated rings. The molecule has 1 aromatic carbocycles. The van der Waals surface area contributed by atoms with Crippen LogP contribution in [0, 0.1) is 5.92 Å². The average Bonchev–Trinajstić information content (AvgIpc) is 2.97. The predicted molar refractivity (Wildman–Crippen MR) is 89.8 cm³/mol. The van der Waals surface area contributed by atoms with Crippen LogP contribution in [0.2, 0.25) is 0 Å². The number of rotatable bonds is 5. The minimum absolute atomic E-state index is 0.0903. The molecule has 2 atom stereocenters. The summed E-state index contributed by atoms with van der Waals surface area (Å²) in [6, 6.07) is 7.54. The van der Waals surface area contributed by atoms with E-state index < -0.39 is 0 Å². The second kappa shape index (κ2) is 7.65. The second-order valence-electron chi connectivity index (χ2n) is 5.64. The smallest absolute Gasteiger partial charge is 0.235 e. The summed E-state index contributed by atoms with van der Waals surface area (Å²) in [4.78, 5) is 26.4. The van der Waals surface area contributed by atoms with Crippen molar-refractivity contribution in [3.05, 3.63) is 24.3 Å². The lowest BCUT2D eigenvalue weighted by Gasteiger charge is -2.20. The Balaban J connectivity index is 1.89. The van der Waals surface area contributed by atoms with E-state index in [-0.39, 0.29) is 17.1 Å². The van der Waals surface area contributed by atoms with E-state index in [1.807, 2.05) is 36.1 Å². The van der Waals surface area contributed by atoms with Gasteiger partial charge in [-0.1, -0.05) is 0 Å². The lowest BCUT2D eigenvalue weighted by atomic mass is 10.1. The lowest BCUT2D eigenvalue weighted by molar-refractivity contribution is -0.129. The van der Waals surface area contributed by atoms with Crippen LogP contribution >= 0.6 is 11.8 Å². The third-order valence-corrected chi connectivity index (χ3v) is 4.87. The highest BCUT2D eigenvalue weighted by Crippen LogP contribution is 2.27. The van der Waals surface area contributed by atoms with Crippen LogP contribution in [0.5, 0.6) is 0 Å². The Hall–Kier alpha value is -1.53. The number of carbonyl (C=O) groups is 2. The third-order valence-electron chi connectivity index (χ3n) is 3.77. The first-order chi connectivity index (χ1) is 10.5. The standard InChI is InChI=1S/C16H23N3O2S/c1-11(16(21)19-8-7-13(9-17)10-19)22-15-5-3-14(4-6-15)18-12(2)20/h3-6,11,13H,7-10,17H2,1-2H3,(H,18,20). The molecule has 5 nitrogen and oxygen atoms in total. The highest BCUT2D eigenvalue weighted by atomic mass is 32.2. The fourth-order valence-electron chi connectivity index (χ4n) is 2.56. The van der Waals surface area contributed by atoms with Crippen LogP contribution in [-0.2, 0) is 9.59 Å². The summed E-state index contributed by atoms with van der Waals surface area (Å²) in [7, 11) is 0. The maximum atomic E-state index is 12.4. The van der Waals surface area contributed by atoms with E-state index in [2.05, 4.69) is 5.32 Å². The molecule has 0 spiro atoms. The number of hydrogen-bond donors (Lipinski definition) is 2. The Morgan fingerprint density at radius 1 is 1.41 bits per heavy atom. The number of carbonyl (C=O) groups excluding carboxylic acids is 2. The Bertz CT molecular complexity index is 533. The Kier molecular flexibility index (Phi) is 5.85. The van der Waals surface area contributed by atoms with Crippen molar-refractivity contribution in [1.29, 1.82) is 0 Å². The van der Waals surface area contributed by atoms with Crippen LogP contribution in [0.15, 0.2) is 29.2 Å². The highest BCUT2D eigenvalue weighted by molar-refractivity contribution is 8.00. The number of nitrogens with two attached hydrogens (primary N) is 1. The summed E-state index contributed by atoms with van der Waals surface area (Å²) in [5.41, 5.74) is 6.44. The SMILES string of the molecule is CC(=O)Nc1ccc(SC(C)C(=O)N2CCC(CN)C2)cc1. The summed E-state index contributed by atoms with van der Waals surface area (Å²) < 4.78 is 0. The van der Waals surface area contributed by atoms with Crippen molar-refractivity contribution in [1.82, 2.24) is 4.90 Å². The van der Waals surface area contributed by atoms with Gasteiger partial charge in [-0.25, -0.2) is 0 Å². The Labute approximate surface area is 135 Å². The molecule has 0 radical (unpaired) electrons. The number of nitrogens with one attached hydrogen (secondary N) is 1. The molecule has 2 unspecified atom stereocenters. The Morgan fingerprint density at radius 3 is 2.64 bits per heavy atom. The Morgan fingerprint density at radius 2 is 2.09 bits per heavy atom. The van der Waals surface area contributed by atoms with Crippen LogP contribution in [-0.4, -0.2) is 41.6 Å². The van der Waals surface area contributed by atoms with E-state index in [9.17, 15) is 9.59 Å². The van der Waals surface area contributed by atoms with Crippen molar-refractivity contribution in [3.63, 3.8) is 0 Å². The maximum absolute atomic E-state index is 12.4. The lowest BCUT2D eigenvalue weighted by Crippen LogP contribution is -2.35. The molecule has 1 aliphatic heterocycles. The van der Waals surface area contributed by atoms with Crippen molar-refractivity contribution in [2.24, 2.45) is 11.7 Å². The van der Waals surface area contributed by atoms with E-state index >= 15 is 0 Å². The van der Waals surface area contributed by atoms with E-state index in [1.54, 1.807) is 0 Å². The van der Waals surface area contributed by atoms with Gasteiger partial charge in [0.1, 0.15) is 0 Å². The molecule has 2 rings (SSSR count). The zero-order valence-electron chi connectivity index (χ0n) is 13.0. The summed E-state index contributed by atoms with van der Waals surface area (Å²) >= 11 is 1.54. The quantitative estimate of drug-likeness (QED) is 0.813. The van der Waals surface area contributed by atoms with E-state index in [4.69, 9.17) is 5.73 Å². The third kappa shape index (κ3) is 4.48. The molecule has 0 aliphatic carbocycles. The van der Waals surface area contributed by atoms with Crippen molar-refractivity contribution < 1.29 is 9.59 Å². The van der Waals surface area contributed by atoms with Gasteiger partial charge in [-0.3, -0.25) is 9.59 Å². The largest absolute Gasteiger partial charge is 0.341 e. The van der Waals surface area contributed by atoms with Gasteiger partial charge in [0.15, 0.2) is 0 Å². The highest BCUT2D eigenvalue weighted by Gasteiger charge is 2.28. The molecule has 1 heterocycles. The number of anilines is 1. The maximum Gasteiger partial charge on any atom is 0.235 e. The van der Waals surface area contributed by atoms with Crippen molar-refractivity contribution >= 4 is 29.3 Å². The van der Waals surface area contributed by atoms with Crippen LogP contribution in [0.1, 0.15) is 20.3 Å². The van der Waals surface area contributed by atoms with Gasteiger partial charge in [0.2, 0.25) is 11.8 Å². The zero-order valence-corrected chi connectivity index (χ0v) is 13.9. The predicted octanol–water partition coefficient (Wildman–Crippen LogP) is 1.93. The molecular formula is C16H23N3O2S. The van der Waals surface area contributed by atoms with Crippen molar-refractivity contribution in [2.75, 3.05) is 25.0 Å². The molecule has 0 bridgehead atoms. The summed E-state index contributed by atoms with van der Waals surface area (Å²) in [5, 5.41) is 2.61. The molecule has 0 saturated carbocycles. The fraction of sp³-hybridized carbons (Fsp3) is 0.500. The normalized spacial score (nSPS) is 19.0. The summed E-state index contributed by atoms with van der Waals surface area (Å²) in [5.74, 6) is 0.525. The van der Waals surface area contributed by atoms with E-state index in [1.165, 1.54) is 18.7 Å². The van der Waals surface area contributed by atoms with E-state index in [0.717, 1.165) is 30.1 Å². The number of benzene rings is 1. The van der Waals surface area contributed by atoms with E-state index in [0.29, 0.717) is 12.5 Å². The molecule has 0 aromatic heterocycles. The first-order valence-corrected chi connectivity index (χ1v) is 8.40. The van der Waals surface area contributed by atoms with Crippen LogP contribution in [0.25, 0.3) is 0 Å². The number of hydrogen-bond acceptors (Lipinski definition) is 4. The molecule has 22 heavy (non-hydrogen) atoms. The van der Waals surface area contributed by atoms with Gasteiger partial charge < -0.3 is 16.0 Å². The van der Waals surface area contributed by atoms with Gasteiger partial charge >= 0.3 is 0 Å². The minimum Gasteiger partial charge on any atom is -0.341 e. The fourth-order valence-corrected chi connectivity index (χ4v) is 3.51. The van der Waals surface area contributed by atoms with Gasteiger partial charge in [0.25, 0.3) is 0 Å².